The van der Waals surface area contributed by atoms with Gasteiger partial charge in [-0.05, 0) is 42.7 Å². The Balaban J connectivity index is 1.74. The van der Waals surface area contributed by atoms with Crippen molar-refractivity contribution in [2.24, 2.45) is 0 Å². The van der Waals surface area contributed by atoms with Gasteiger partial charge in [0.05, 0.1) is 26.4 Å². The third kappa shape index (κ3) is 5.64. The average molecular weight is 440 g/mol. The molecule has 3 rings (SSSR count). The Labute approximate surface area is 185 Å². The van der Waals surface area contributed by atoms with Crippen molar-refractivity contribution in [3.8, 4) is 21.9 Å². The molecule has 31 heavy (non-hydrogen) atoms. The highest BCUT2D eigenvalue weighted by molar-refractivity contribution is 7.20. The van der Waals surface area contributed by atoms with E-state index < -0.39 is 5.97 Å². The second-order valence-electron chi connectivity index (χ2n) is 6.68. The first-order valence-electron chi connectivity index (χ1n) is 9.92. The molecular formula is C24H25NO5S. The van der Waals surface area contributed by atoms with E-state index in [1.54, 1.807) is 27.2 Å². The van der Waals surface area contributed by atoms with Gasteiger partial charge in [-0.2, -0.15) is 0 Å². The fourth-order valence-electron chi connectivity index (χ4n) is 3.07. The number of hydrogen-bond acceptors (Lipinski definition) is 6. The van der Waals surface area contributed by atoms with E-state index in [2.05, 4.69) is 5.32 Å². The maximum atomic E-state index is 12.6. The molecule has 0 aliphatic rings. The maximum Gasteiger partial charge on any atom is 0.341 e. The van der Waals surface area contributed by atoms with E-state index in [-0.39, 0.29) is 18.9 Å². The molecule has 0 unspecified atom stereocenters. The lowest BCUT2D eigenvalue weighted by Gasteiger charge is -2.10. The molecule has 0 saturated carbocycles. The summed E-state index contributed by atoms with van der Waals surface area (Å²) in [6, 6.07) is 17.1. The number of carbonyl (C=O) groups excluding carboxylic acids is 2. The van der Waals surface area contributed by atoms with Gasteiger partial charge in [-0.25, -0.2) is 4.79 Å². The van der Waals surface area contributed by atoms with Crippen LogP contribution in [0.1, 0.15) is 29.3 Å². The molecule has 0 radical (unpaired) electrons. The lowest BCUT2D eigenvalue weighted by Crippen LogP contribution is -2.14. The first-order chi connectivity index (χ1) is 15.0. The monoisotopic (exact) mass is 439 g/mol. The topological polar surface area (TPSA) is 73.9 Å². The van der Waals surface area contributed by atoms with Crippen molar-refractivity contribution in [3.63, 3.8) is 0 Å². The lowest BCUT2D eigenvalue weighted by molar-refractivity contribution is -0.116. The molecule has 7 heteroatoms. The van der Waals surface area contributed by atoms with E-state index in [0.717, 1.165) is 16.0 Å². The Morgan fingerprint density at radius 3 is 2.39 bits per heavy atom. The smallest absolute Gasteiger partial charge is 0.341 e. The number of anilines is 1. The summed E-state index contributed by atoms with van der Waals surface area (Å²) in [5, 5.41) is 3.38. The molecule has 0 bridgehead atoms. The van der Waals surface area contributed by atoms with Crippen LogP contribution in [0.25, 0.3) is 10.4 Å². The van der Waals surface area contributed by atoms with E-state index in [1.807, 2.05) is 48.5 Å². The molecule has 162 valence electrons. The van der Waals surface area contributed by atoms with E-state index in [9.17, 15) is 9.59 Å². The number of benzene rings is 2. The van der Waals surface area contributed by atoms with Crippen LogP contribution in [0.3, 0.4) is 0 Å². The number of methoxy groups -OCH3 is 2. The largest absolute Gasteiger partial charge is 0.493 e. The molecule has 3 aromatic rings. The summed E-state index contributed by atoms with van der Waals surface area (Å²) in [7, 11) is 3.16. The zero-order valence-electron chi connectivity index (χ0n) is 17.8. The van der Waals surface area contributed by atoms with E-state index in [1.165, 1.54) is 11.3 Å². The van der Waals surface area contributed by atoms with Crippen LogP contribution in [-0.4, -0.2) is 32.7 Å². The number of amides is 1. The van der Waals surface area contributed by atoms with Gasteiger partial charge in [-0.15, -0.1) is 11.3 Å². The molecule has 0 spiro atoms. The third-order valence-electron chi connectivity index (χ3n) is 4.63. The third-order valence-corrected chi connectivity index (χ3v) is 5.73. The zero-order valence-corrected chi connectivity index (χ0v) is 18.6. The highest BCUT2D eigenvalue weighted by Crippen LogP contribution is 2.36. The molecule has 1 amide bonds. The second kappa shape index (κ2) is 10.6. The quantitative estimate of drug-likeness (QED) is 0.465. The molecule has 0 saturated heterocycles. The summed E-state index contributed by atoms with van der Waals surface area (Å²) in [5.41, 5.74) is 2.30. The molecule has 0 aliphatic heterocycles. The standard InChI is InChI=1S/C24H25NO5S/c1-4-30-24(27)18-15-21(17-8-6-5-7-9-17)31-23(18)25-22(26)13-11-16-10-12-19(28-2)20(14-16)29-3/h5-10,12,14-15H,4,11,13H2,1-3H3,(H,25,26). The van der Waals surface area contributed by atoms with Crippen LogP contribution in [0, 0.1) is 0 Å². The Morgan fingerprint density at radius 1 is 0.968 bits per heavy atom. The fraction of sp³-hybridized carbons (Fsp3) is 0.250. The number of thiophene rings is 1. The van der Waals surface area contributed by atoms with Gasteiger partial charge in [0.25, 0.3) is 0 Å². The normalized spacial score (nSPS) is 10.4. The fourth-order valence-corrected chi connectivity index (χ4v) is 4.14. The van der Waals surface area contributed by atoms with Crippen molar-refractivity contribution in [1.29, 1.82) is 0 Å². The number of rotatable bonds is 9. The van der Waals surface area contributed by atoms with Gasteiger partial charge in [-0.3, -0.25) is 4.79 Å². The van der Waals surface area contributed by atoms with Crippen molar-refractivity contribution in [1.82, 2.24) is 0 Å². The molecule has 0 aliphatic carbocycles. The van der Waals surface area contributed by atoms with Gasteiger partial charge < -0.3 is 19.5 Å². The van der Waals surface area contributed by atoms with Crippen LogP contribution in [0.2, 0.25) is 0 Å². The number of ether oxygens (including phenoxy) is 3. The summed E-state index contributed by atoms with van der Waals surface area (Å²) in [4.78, 5) is 25.9. The van der Waals surface area contributed by atoms with E-state index in [4.69, 9.17) is 14.2 Å². The van der Waals surface area contributed by atoms with E-state index >= 15 is 0 Å². The predicted octanol–water partition coefficient (Wildman–Crippen LogP) is 5.18. The molecule has 1 N–H and O–H groups in total. The summed E-state index contributed by atoms with van der Waals surface area (Å²) in [6.45, 7) is 2.02. The molecule has 0 atom stereocenters. The van der Waals surface area contributed by atoms with Crippen LogP contribution in [0.4, 0.5) is 5.00 Å². The van der Waals surface area contributed by atoms with Crippen molar-refractivity contribution in [2.75, 3.05) is 26.1 Å². The van der Waals surface area contributed by atoms with E-state index in [0.29, 0.717) is 28.5 Å². The van der Waals surface area contributed by atoms with Gasteiger partial charge in [0.15, 0.2) is 11.5 Å². The number of nitrogens with one attached hydrogen (secondary N) is 1. The molecule has 1 aromatic heterocycles. The Kier molecular flexibility index (Phi) is 7.67. The van der Waals surface area contributed by atoms with Crippen LogP contribution in [-0.2, 0) is 16.0 Å². The van der Waals surface area contributed by atoms with Crippen LogP contribution in [0.5, 0.6) is 11.5 Å². The Hall–Kier alpha value is -3.32. The number of carbonyl (C=O) groups is 2. The Morgan fingerprint density at radius 2 is 1.71 bits per heavy atom. The Bertz CT molecular complexity index is 1050. The minimum Gasteiger partial charge on any atom is -0.493 e. The first-order valence-corrected chi connectivity index (χ1v) is 10.7. The van der Waals surface area contributed by atoms with Crippen molar-refractivity contribution < 1.29 is 23.8 Å². The summed E-state index contributed by atoms with van der Waals surface area (Å²) < 4.78 is 15.7. The highest BCUT2D eigenvalue weighted by atomic mass is 32.1. The highest BCUT2D eigenvalue weighted by Gasteiger charge is 2.20. The van der Waals surface area contributed by atoms with Crippen molar-refractivity contribution >= 4 is 28.2 Å². The maximum absolute atomic E-state index is 12.6. The summed E-state index contributed by atoms with van der Waals surface area (Å²) >= 11 is 1.36. The minimum atomic E-state index is -0.448. The zero-order chi connectivity index (χ0) is 22.2. The van der Waals surface area contributed by atoms with Gasteiger partial charge in [-0.1, -0.05) is 36.4 Å². The molecule has 0 fully saturated rings. The van der Waals surface area contributed by atoms with Gasteiger partial charge in [0.1, 0.15) is 5.00 Å². The SMILES string of the molecule is CCOC(=O)c1cc(-c2ccccc2)sc1NC(=O)CCc1ccc(OC)c(OC)c1. The molecule has 6 nitrogen and oxygen atoms in total. The van der Waals surface area contributed by atoms with Crippen LogP contribution >= 0.6 is 11.3 Å². The molecule has 1 heterocycles. The summed E-state index contributed by atoms with van der Waals surface area (Å²) in [5.74, 6) is 0.635. The number of hydrogen-bond donors (Lipinski definition) is 1. The lowest BCUT2D eigenvalue weighted by atomic mass is 10.1. The van der Waals surface area contributed by atoms with Gasteiger partial charge >= 0.3 is 5.97 Å². The average Bonchev–Trinajstić information content (AvgIpc) is 3.22. The van der Waals surface area contributed by atoms with Crippen molar-refractivity contribution in [3.05, 3.63) is 65.7 Å². The van der Waals surface area contributed by atoms with Crippen LogP contribution in [0.15, 0.2) is 54.6 Å². The number of esters is 1. The summed E-state index contributed by atoms with van der Waals surface area (Å²) in [6.07, 6.45) is 0.786. The second-order valence-corrected chi connectivity index (χ2v) is 7.73. The predicted molar refractivity (Wildman–Crippen MR) is 122 cm³/mol. The van der Waals surface area contributed by atoms with Gasteiger partial charge in [0, 0.05) is 11.3 Å². The molecule has 2 aromatic carbocycles. The number of aryl methyl sites for hydroxylation is 1. The minimum absolute atomic E-state index is 0.179. The first kappa shape index (κ1) is 22.4. The van der Waals surface area contributed by atoms with Crippen LogP contribution < -0.4 is 14.8 Å². The molecular weight excluding hydrogens is 414 g/mol. The van der Waals surface area contributed by atoms with Gasteiger partial charge in [0.2, 0.25) is 5.91 Å². The van der Waals surface area contributed by atoms with Crippen molar-refractivity contribution in [2.45, 2.75) is 19.8 Å².